The molecular formula is C18H28N2O. The van der Waals surface area contributed by atoms with Crippen LogP contribution < -0.4 is 10.6 Å². The number of hydrogen-bond donors (Lipinski definition) is 2. The number of anilines is 2. The summed E-state index contributed by atoms with van der Waals surface area (Å²) in [5.41, 5.74) is 3.23. The third kappa shape index (κ3) is 3.99. The number of carbonyl (C=O) groups excluding carboxylic acids is 1. The second-order valence-electron chi connectivity index (χ2n) is 6.08. The first-order valence-corrected chi connectivity index (χ1v) is 8.31. The Balaban J connectivity index is 2.12. The summed E-state index contributed by atoms with van der Waals surface area (Å²) in [5.74, 6) is 0.839. The number of hydrogen-bond acceptors (Lipinski definition) is 2. The van der Waals surface area contributed by atoms with Gasteiger partial charge in [0.15, 0.2) is 0 Å². The summed E-state index contributed by atoms with van der Waals surface area (Å²) in [6.45, 7) is 6.24. The molecule has 1 aliphatic rings. The summed E-state index contributed by atoms with van der Waals surface area (Å²) in [7, 11) is 0. The minimum atomic E-state index is 0.0688. The van der Waals surface area contributed by atoms with Gasteiger partial charge in [-0.05, 0) is 43.4 Å². The van der Waals surface area contributed by atoms with Crippen LogP contribution >= 0.6 is 0 Å². The molecule has 1 aromatic carbocycles. The van der Waals surface area contributed by atoms with E-state index >= 15 is 0 Å². The molecule has 0 bridgehead atoms. The van der Waals surface area contributed by atoms with Crippen LogP contribution in [-0.4, -0.2) is 11.9 Å². The fourth-order valence-corrected chi connectivity index (χ4v) is 3.25. The predicted molar refractivity (Wildman–Crippen MR) is 89.8 cm³/mol. The van der Waals surface area contributed by atoms with Gasteiger partial charge in [-0.15, -0.1) is 0 Å². The average molecular weight is 288 g/mol. The normalized spacial score (nSPS) is 21.9. The fourth-order valence-electron chi connectivity index (χ4n) is 3.25. The lowest BCUT2D eigenvalue weighted by molar-refractivity contribution is -0.115. The zero-order valence-corrected chi connectivity index (χ0v) is 13.5. The van der Waals surface area contributed by atoms with Crippen LogP contribution in [0.25, 0.3) is 0 Å². The monoisotopic (exact) mass is 288 g/mol. The van der Waals surface area contributed by atoms with Crippen molar-refractivity contribution in [2.75, 3.05) is 10.6 Å². The molecule has 0 heterocycles. The van der Waals surface area contributed by atoms with Crippen molar-refractivity contribution in [3.63, 3.8) is 0 Å². The lowest BCUT2D eigenvalue weighted by atomic mass is 9.82. The highest BCUT2D eigenvalue weighted by Crippen LogP contribution is 2.31. The van der Waals surface area contributed by atoms with Gasteiger partial charge in [0.2, 0.25) is 5.91 Å². The van der Waals surface area contributed by atoms with E-state index in [0.717, 1.165) is 22.9 Å². The number of rotatable bonds is 5. The van der Waals surface area contributed by atoms with Crippen molar-refractivity contribution in [1.82, 2.24) is 0 Å². The van der Waals surface area contributed by atoms with E-state index in [1.54, 1.807) is 0 Å². The van der Waals surface area contributed by atoms with Crippen molar-refractivity contribution in [3.8, 4) is 0 Å². The van der Waals surface area contributed by atoms with Gasteiger partial charge < -0.3 is 10.6 Å². The van der Waals surface area contributed by atoms with Gasteiger partial charge in [-0.25, -0.2) is 0 Å². The summed E-state index contributed by atoms with van der Waals surface area (Å²) in [5, 5.41) is 6.71. The molecule has 116 valence electrons. The molecule has 0 aromatic heterocycles. The molecule has 3 nitrogen and oxygen atoms in total. The minimum absolute atomic E-state index is 0.0688. The van der Waals surface area contributed by atoms with Gasteiger partial charge in [-0.2, -0.15) is 0 Å². The Labute approximate surface area is 128 Å². The van der Waals surface area contributed by atoms with Gasteiger partial charge in [0.25, 0.3) is 0 Å². The fraction of sp³-hybridized carbons (Fsp3) is 0.611. The summed E-state index contributed by atoms with van der Waals surface area (Å²) >= 11 is 0. The van der Waals surface area contributed by atoms with E-state index in [9.17, 15) is 4.79 Å². The van der Waals surface area contributed by atoms with Gasteiger partial charge in [0.05, 0.1) is 0 Å². The van der Waals surface area contributed by atoms with Crippen LogP contribution in [0.5, 0.6) is 0 Å². The van der Waals surface area contributed by atoms with Crippen LogP contribution in [0.15, 0.2) is 18.2 Å². The number of carbonyl (C=O) groups is 1. The highest BCUT2D eigenvalue weighted by atomic mass is 16.1. The molecule has 1 amide bonds. The molecule has 1 aliphatic carbocycles. The summed E-state index contributed by atoms with van der Waals surface area (Å²) in [6.07, 6.45) is 7.02. The Morgan fingerprint density at radius 1 is 1.19 bits per heavy atom. The smallest absolute Gasteiger partial charge is 0.224 e. The van der Waals surface area contributed by atoms with E-state index in [1.807, 2.05) is 19.1 Å². The molecule has 0 saturated heterocycles. The molecule has 1 fully saturated rings. The van der Waals surface area contributed by atoms with Crippen molar-refractivity contribution in [2.45, 2.75) is 65.3 Å². The molecule has 2 rings (SSSR count). The lowest BCUT2D eigenvalue weighted by Gasteiger charge is -2.33. The molecule has 2 N–H and O–H groups in total. The number of nitrogens with one attached hydrogen (secondary N) is 2. The summed E-state index contributed by atoms with van der Waals surface area (Å²) in [6, 6.07) is 6.69. The first-order chi connectivity index (χ1) is 10.2. The Morgan fingerprint density at radius 2 is 1.90 bits per heavy atom. The molecule has 2 atom stereocenters. The Morgan fingerprint density at radius 3 is 2.62 bits per heavy atom. The second-order valence-corrected chi connectivity index (χ2v) is 6.08. The van der Waals surface area contributed by atoms with E-state index in [1.165, 1.54) is 32.1 Å². The van der Waals surface area contributed by atoms with E-state index < -0.39 is 0 Å². The first-order valence-electron chi connectivity index (χ1n) is 8.31. The van der Waals surface area contributed by atoms with Gasteiger partial charge in [0, 0.05) is 23.8 Å². The Kier molecular flexibility index (Phi) is 5.66. The molecular weight excluding hydrogens is 260 g/mol. The van der Waals surface area contributed by atoms with Gasteiger partial charge >= 0.3 is 0 Å². The van der Waals surface area contributed by atoms with Crippen molar-refractivity contribution in [1.29, 1.82) is 0 Å². The van der Waals surface area contributed by atoms with Crippen LogP contribution in [0.1, 0.15) is 57.9 Å². The predicted octanol–water partition coefficient (Wildman–Crippen LogP) is 4.72. The maximum Gasteiger partial charge on any atom is 0.224 e. The van der Waals surface area contributed by atoms with E-state index in [0.29, 0.717) is 12.5 Å². The Bertz CT molecular complexity index is 484. The third-order valence-electron chi connectivity index (χ3n) is 4.70. The lowest BCUT2D eigenvalue weighted by Crippen LogP contribution is -2.32. The first kappa shape index (κ1) is 15.9. The van der Waals surface area contributed by atoms with Gasteiger partial charge in [-0.1, -0.05) is 39.2 Å². The number of amides is 1. The van der Waals surface area contributed by atoms with Crippen molar-refractivity contribution in [2.24, 2.45) is 5.92 Å². The highest BCUT2D eigenvalue weighted by molar-refractivity contribution is 5.92. The molecule has 0 radical (unpaired) electrons. The minimum Gasteiger partial charge on any atom is -0.382 e. The zero-order chi connectivity index (χ0) is 15.2. The van der Waals surface area contributed by atoms with Crippen molar-refractivity contribution >= 4 is 17.3 Å². The maximum atomic E-state index is 11.6. The maximum absolute atomic E-state index is 11.6. The zero-order valence-electron chi connectivity index (χ0n) is 13.5. The highest BCUT2D eigenvalue weighted by Gasteiger charge is 2.24. The number of benzene rings is 1. The molecule has 3 heteroatoms. The van der Waals surface area contributed by atoms with E-state index in [2.05, 4.69) is 30.5 Å². The van der Waals surface area contributed by atoms with Gasteiger partial charge in [0.1, 0.15) is 0 Å². The van der Waals surface area contributed by atoms with E-state index in [4.69, 9.17) is 0 Å². The van der Waals surface area contributed by atoms with Gasteiger partial charge in [-0.3, -0.25) is 4.79 Å². The molecule has 0 spiro atoms. The van der Waals surface area contributed by atoms with Crippen LogP contribution in [0, 0.1) is 12.8 Å². The molecule has 21 heavy (non-hydrogen) atoms. The molecule has 2 unspecified atom stereocenters. The Hall–Kier alpha value is -1.51. The topological polar surface area (TPSA) is 41.1 Å². The average Bonchev–Trinajstić information content (AvgIpc) is 2.51. The van der Waals surface area contributed by atoms with Crippen LogP contribution in [0.2, 0.25) is 0 Å². The standard InChI is InChI=1S/C18H28N2O/c1-4-14-9-6-7-10-17(14)19-15-11-8-12-16(13(15)3)20-18(21)5-2/h8,11-12,14,17,19H,4-7,9-10H2,1-3H3,(H,20,21). The summed E-state index contributed by atoms with van der Waals surface area (Å²) in [4.78, 5) is 11.6. The molecule has 1 aromatic rings. The van der Waals surface area contributed by atoms with E-state index in [-0.39, 0.29) is 5.91 Å². The third-order valence-corrected chi connectivity index (χ3v) is 4.70. The molecule has 0 aliphatic heterocycles. The van der Waals surface area contributed by atoms with Crippen LogP contribution in [0.4, 0.5) is 11.4 Å². The SMILES string of the molecule is CCC(=O)Nc1cccc(NC2CCCCC2CC)c1C. The van der Waals surface area contributed by atoms with Crippen LogP contribution in [-0.2, 0) is 4.79 Å². The van der Waals surface area contributed by atoms with Crippen LogP contribution in [0.3, 0.4) is 0 Å². The molecule has 1 saturated carbocycles. The largest absolute Gasteiger partial charge is 0.382 e. The second kappa shape index (κ2) is 7.48. The quantitative estimate of drug-likeness (QED) is 0.822. The van der Waals surface area contributed by atoms with Crippen molar-refractivity contribution in [3.05, 3.63) is 23.8 Å². The van der Waals surface area contributed by atoms with Crippen molar-refractivity contribution < 1.29 is 4.79 Å². The summed E-state index contributed by atoms with van der Waals surface area (Å²) < 4.78 is 0.